The first-order chi connectivity index (χ1) is 12.2. The molecular weight excluding hydrogens is 332 g/mol. The maximum atomic E-state index is 11.2. The lowest BCUT2D eigenvalue weighted by molar-refractivity contribution is 0.0697. The lowest BCUT2D eigenvalue weighted by Crippen LogP contribution is -2.40. The fourth-order valence-corrected chi connectivity index (χ4v) is 2.62. The third-order valence-corrected chi connectivity index (χ3v) is 4.39. The molecule has 0 radical (unpaired) electrons. The molecule has 2 N–H and O–H groups in total. The van der Waals surface area contributed by atoms with Gasteiger partial charge in [-0.15, -0.1) is 0 Å². The third-order valence-electron chi connectivity index (χ3n) is 4.39. The summed E-state index contributed by atoms with van der Waals surface area (Å²) < 4.78 is 0. The quantitative estimate of drug-likeness (QED) is 0.565. The minimum Gasteiger partial charge on any atom is -0.478 e. The first-order valence-corrected chi connectivity index (χ1v) is 8.94. The van der Waals surface area contributed by atoms with Crippen molar-refractivity contribution >= 4 is 11.7 Å². The van der Waals surface area contributed by atoms with Crippen LogP contribution in [0.1, 0.15) is 15.9 Å². The van der Waals surface area contributed by atoms with Gasteiger partial charge in [0.15, 0.2) is 0 Å². The van der Waals surface area contributed by atoms with Crippen LogP contribution in [0, 0.1) is 0 Å². The van der Waals surface area contributed by atoms with E-state index in [4.69, 9.17) is 0 Å². The molecule has 1 aromatic rings. The van der Waals surface area contributed by atoms with Crippen LogP contribution < -0.4 is 4.90 Å². The van der Waals surface area contributed by atoms with Crippen molar-refractivity contribution in [1.82, 2.24) is 14.7 Å². The van der Waals surface area contributed by atoms with Crippen molar-refractivity contribution in [2.75, 3.05) is 79.4 Å². The van der Waals surface area contributed by atoms with Crippen LogP contribution in [0.5, 0.6) is 0 Å². The van der Waals surface area contributed by atoms with E-state index in [1.165, 1.54) is 6.07 Å². The Morgan fingerprint density at radius 3 is 1.88 bits per heavy atom. The molecule has 0 spiro atoms. The molecule has 0 amide bonds. The Bertz CT molecular complexity index is 552. The van der Waals surface area contributed by atoms with E-state index in [9.17, 15) is 15.0 Å². The van der Waals surface area contributed by atoms with Crippen molar-refractivity contribution in [2.24, 2.45) is 0 Å². The Kier molecular flexibility index (Phi) is 9.58. The number of benzene rings is 1. The summed E-state index contributed by atoms with van der Waals surface area (Å²) >= 11 is 0. The summed E-state index contributed by atoms with van der Waals surface area (Å²) in [6.07, 6.45) is 0. The highest BCUT2D eigenvalue weighted by Crippen LogP contribution is 2.21. The van der Waals surface area contributed by atoms with E-state index < -0.39 is 5.97 Å². The first kappa shape index (κ1) is 22.4. The van der Waals surface area contributed by atoms with Gasteiger partial charge >= 0.3 is 5.97 Å². The van der Waals surface area contributed by atoms with Crippen molar-refractivity contribution in [1.29, 1.82) is 0 Å². The average molecular weight is 367 g/mol. The number of likely N-dealkylation sites (N-methyl/N-ethyl adjacent to an activating group) is 3. The van der Waals surface area contributed by atoms with E-state index in [0.29, 0.717) is 0 Å². The summed E-state index contributed by atoms with van der Waals surface area (Å²) in [5, 5.41) is 18.8. The molecule has 0 saturated carbocycles. The Morgan fingerprint density at radius 1 is 0.885 bits per heavy atom. The Hall–Kier alpha value is -1.67. The van der Waals surface area contributed by atoms with Crippen molar-refractivity contribution < 1.29 is 15.0 Å². The molecule has 0 aromatic heterocycles. The van der Waals surface area contributed by atoms with Gasteiger partial charge in [0.05, 0.1) is 12.2 Å². The monoisotopic (exact) mass is 366 g/mol. The fraction of sp³-hybridized carbons (Fsp3) is 0.632. The molecule has 0 aliphatic carbocycles. The largest absolute Gasteiger partial charge is 0.478 e. The van der Waals surface area contributed by atoms with Gasteiger partial charge in [0, 0.05) is 57.6 Å². The van der Waals surface area contributed by atoms with E-state index in [-0.39, 0.29) is 12.2 Å². The minimum absolute atomic E-state index is 0.107. The molecule has 1 rings (SSSR count). The Morgan fingerprint density at radius 2 is 1.42 bits per heavy atom. The lowest BCUT2D eigenvalue weighted by Gasteiger charge is -2.29. The summed E-state index contributed by atoms with van der Waals surface area (Å²) in [6.45, 7) is 5.48. The maximum Gasteiger partial charge on any atom is 0.335 e. The van der Waals surface area contributed by atoms with Crippen molar-refractivity contribution in [2.45, 2.75) is 6.61 Å². The SMILES string of the molecule is CN(C)CCN(CCN(C)C)CCN(C)c1cc(C(=O)O)ccc1CO. The number of hydrogen-bond acceptors (Lipinski definition) is 6. The number of aliphatic hydroxyl groups excluding tert-OH is 1. The lowest BCUT2D eigenvalue weighted by atomic mass is 10.1. The summed E-state index contributed by atoms with van der Waals surface area (Å²) in [5.41, 5.74) is 1.75. The second-order valence-corrected chi connectivity index (χ2v) is 7.18. The molecule has 0 atom stereocenters. The third kappa shape index (κ3) is 7.70. The van der Waals surface area contributed by atoms with Crippen LogP contribution in [-0.4, -0.2) is 105 Å². The van der Waals surface area contributed by atoms with Gasteiger partial charge in [-0.2, -0.15) is 0 Å². The molecular formula is C19H34N4O3. The highest BCUT2D eigenvalue weighted by Gasteiger charge is 2.13. The number of carboxylic acids is 1. The number of hydrogen-bond donors (Lipinski definition) is 2. The Balaban J connectivity index is 2.77. The molecule has 1 aromatic carbocycles. The van der Waals surface area contributed by atoms with E-state index >= 15 is 0 Å². The van der Waals surface area contributed by atoms with Crippen molar-refractivity contribution in [3.05, 3.63) is 29.3 Å². The number of aliphatic hydroxyl groups is 1. The molecule has 148 valence electrons. The zero-order valence-corrected chi connectivity index (χ0v) is 16.8. The van der Waals surface area contributed by atoms with E-state index in [2.05, 4.69) is 42.9 Å². The number of aromatic carboxylic acids is 1. The Labute approximate surface area is 157 Å². The van der Waals surface area contributed by atoms with Gasteiger partial charge in [0.1, 0.15) is 0 Å². The molecule has 0 bridgehead atoms. The molecule has 7 heteroatoms. The number of anilines is 1. The predicted molar refractivity (Wildman–Crippen MR) is 106 cm³/mol. The van der Waals surface area contributed by atoms with Crippen LogP contribution in [0.3, 0.4) is 0 Å². The van der Waals surface area contributed by atoms with Gasteiger partial charge in [-0.1, -0.05) is 6.07 Å². The van der Waals surface area contributed by atoms with Gasteiger partial charge in [0.25, 0.3) is 0 Å². The number of carboxylic acid groups (broad SMARTS) is 1. The molecule has 0 aliphatic heterocycles. The standard InChI is InChI=1S/C19H34N4O3/c1-20(2)8-11-23(12-9-21(3)4)13-10-22(5)18-14-16(19(25)26)6-7-17(18)15-24/h6-7,14,24H,8-13,15H2,1-5H3,(H,25,26). The van der Waals surface area contributed by atoms with E-state index in [1.54, 1.807) is 12.1 Å². The van der Waals surface area contributed by atoms with Crippen LogP contribution in [0.15, 0.2) is 18.2 Å². The molecule has 0 fully saturated rings. The molecule has 26 heavy (non-hydrogen) atoms. The smallest absolute Gasteiger partial charge is 0.335 e. The number of nitrogens with zero attached hydrogens (tertiary/aromatic N) is 4. The van der Waals surface area contributed by atoms with Crippen LogP contribution in [0.4, 0.5) is 5.69 Å². The van der Waals surface area contributed by atoms with E-state index in [0.717, 1.165) is 50.5 Å². The van der Waals surface area contributed by atoms with Crippen LogP contribution in [0.2, 0.25) is 0 Å². The van der Waals surface area contributed by atoms with Gasteiger partial charge < -0.3 is 24.9 Å². The average Bonchev–Trinajstić information content (AvgIpc) is 2.59. The second kappa shape index (κ2) is 11.1. The summed E-state index contributed by atoms with van der Waals surface area (Å²) in [5.74, 6) is -0.956. The molecule has 0 saturated heterocycles. The zero-order chi connectivity index (χ0) is 19.7. The molecule has 0 unspecified atom stereocenters. The number of rotatable bonds is 12. The summed E-state index contributed by atoms with van der Waals surface area (Å²) in [4.78, 5) is 20.0. The van der Waals surface area contributed by atoms with Gasteiger partial charge in [0.2, 0.25) is 0 Å². The zero-order valence-electron chi connectivity index (χ0n) is 16.8. The predicted octanol–water partition coefficient (Wildman–Crippen LogP) is 0.739. The van der Waals surface area contributed by atoms with Crippen LogP contribution in [-0.2, 0) is 6.61 Å². The van der Waals surface area contributed by atoms with Crippen LogP contribution >= 0.6 is 0 Å². The maximum absolute atomic E-state index is 11.2. The highest BCUT2D eigenvalue weighted by atomic mass is 16.4. The summed E-state index contributed by atoms with van der Waals surface area (Å²) in [7, 11) is 10.2. The van der Waals surface area contributed by atoms with Gasteiger partial charge in [-0.25, -0.2) is 4.79 Å². The minimum atomic E-state index is -0.956. The first-order valence-electron chi connectivity index (χ1n) is 8.94. The topological polar surface area (TPSA) is 70.5 Å². The molecule has 7 nitrogen and oxygen atoms in total. The van der Waals surface area contributed by atoms with Gasteiger partial charge in [-0.3, -0.25) is 4.90 Å². The summed E-state index contributed by atoms with van der Waals surface area (Å²) in [6, 6.07) is 4.86. The van der Waals surface area contributed by atoms with Gasteiger partial charge in [-0.05, 0) is 40.3 Å². The normalized spacial score (nSPS) is 11.6. The molecule has 0 aliphatic rings. The van der Waals surface area contributed by atoms with E-state index in [1.807, 2.05) is 11.9 Å². The second-order valence-electron chi connectivity index (χ2n) is 7.18. The van der Waals surface area contributed by atoms with Crippen LogP contribution in [0.25, 0.3) is 0 Å². The molecule has 0 heterocycles. The van der Waals surface area contributed by atoms with Crippen molar-refractivity contribution in [3.63, 3.8) is 0 Å². The van der Waals surface area contributed by atoms with Crippen molar-refractivity contribution in [3.8, 4) is 0 Å². The fourth-order valence-electron chi connectivity index (χ4n) is 2.62. The number of carbonyl (C=O) groups is 1. The highest BCUT2D eigenvalue weighted by molar-refractivity contribution is 5.89.